The van der Waals surface area contributed by atoms with E-state index in [9.17, 15) is 8.42 Å². The summed E-state index contributed by atoms with van der Waals surface area (Å²) in [6.45, 7) is 11.7. The Hall–Kier alpha value is -0.690. The van der Waals surface area contributed by atoms with Gasteiger partial charge in [-0.05, 0) is 31.1 Å². The van der Waals surface area contributed by atoms with Crippen LogP contribution >= 0.6 is 11.6 Å². The van der Waals surface area contributed by atoms with Gasteiger partial charge < -0.3 is 4.90 Å². The minimum Gasteiger partial charge on any atom is -0.303 e. The smallest absolute Gasteiger partial charge is 0.244 e. The van der Waals surface area contributed by atoms with E-state index < -0.39 is 10.0 Å². The quantitative estimate of drug-likeness (QED) is 0.644. The predicted molar refractivity (Wildman–Crippen MR) is 90.6 cm³/mol. The molecule has 0 aliphatic heterocycles. The average molecular weight is 348 g/mol. The van der Waals surface area contributed by atoms with Crippen molar-refractivity contribution in [2.75, 3.05) is 32.7 Å². The zero-order valence-corrected chi connectivity index (χ0v) is 15.4. The van der Waals surface area contributed by atoms with Crippen molar-refractivity contribution in [3.63, 3.8) is 0 Å². The number of aromatic nitrogens is 1. The summed E-state index contributed by atoms with van der Waals surface area (Å²) >= 11 is 5.74. The highest BCUT2D eigenvalue weighted by Gasteiger charge is 2.25. The van der Waals surface area contributed by atoms with Crippen molar-refractivity contribution >= 4 is 21.6 Å². The van der Waals surface area contributed by atoms with Crippen LogP contribution in [0.3, 0.4) is 0 Å². The summed E-state index contributed by atoms with van der Waals surface area (Å²) in [7, 11) is -3.54. The van der Waals surface area contributed by atoms with Gasteiger partial charge in [0, 0.05) is 25.8 Å². The molecule has 1 aromatic rings. The fourth-order valence-electron chi connectivity index (χ4n) is 2.17. The molecule has 0 aliphatic rings. The van der Waals surface area contributed by atoms with Crippen LogP contribution in [0.4, 0.5) is 0 Å². The van der Waals surface area contributed by atoms with Gasteiger partial charge >= 0.3 is 0 Å². The highest BCUT2D eigenvalue weighted by Crippen LogP contribution is 2.18. The number of sulfonamides is 1. The molecule has 1 rings (SSSR count). The van der Waals surface area contributed by atoms with Gasteiger partial charge in [0.2, 0.25) is 10.0 Å². The fourth-order valence-corrected chi connectivity index (χ4v) is 3.83. The minimum absolute atomic E-state index is 0.192. The second-order valence-electron chi connectivity index (χ2n) is 5.60. The highest BCUT2D eigenvalue weighted by atomic mass is 35.5. The molecule has 0 spiro atoms. The predicted octanol–water partition coefficient (Wildman–Crippen LogP) is 2.72. The number of nitrogens with zero attached hydrogens (tertiary/aromatic N) is 3. The SMILES string of the molecule is CCN(CC)CCN(CC(C)C)S(=O)(=O)c1ccc(Cl)nc1. The second kappa shape index (κ2) is 8.82. The molecule has 0 radical (unpaired) electrons. The van der Waals surface area contributed by atoms with Crippen LogP contribution in [0.25, 0.3) is 0 Å². The third kappa shape index (κ3) is 5.50. The zero-order valence-electron chi connectivity index (χ0n) is 13.8. The van der Waals surface area contributed by atoms with Crippen molar-refractivity contribution in [3.8, 4) is 0 Å². The van der Waals surface area contributed by atoms with Gasteiger partial charge in [-0.2, -0.15) is 4.31 Å². The first-order valence-corrected chi connectivity index (χ1v) is 9.47. The lowest BCUT2D eigenvalue weighted by molar-refractivity contribution is 0.262. The summed E-state index contributed by atoms with van der Waals surface area (Å²) < 4.78 is 27.1. The molecule has 0 amide bonds. The Morgan fingerprint density at radius 2 is 1.82 bits per heavy atom. The average Bonchev–Trinajstić information content (AvgIpc) is 2.47. The van der Waals surface area contributed by atoms with Crippen LogP contribution in [0.5, 0.6) is 0 Å². The van der Waals surface area contributed by atoms with Gasteiger partial charge in [-0.3, -0.25) is 0 Å². The van der Waals surface area contributed by atoms with Gasteiger partial charge in [0.05, 0.1) is 0 Å². The van der Waals surface area contributed by atoms with Crippen LogP contribution in [0.15, 0.2) is 23.2 Å². The molecule has 0 N–H and O–H groups in total. The van der Waals surface area contributed by atoms with Gasteiger partial charge in [0.25, 0.3) is 0 Å². The van der Waals surface area contributed by atoms with Crippen LogP contribution in [0, 0.1) is 5.92 Å². The summed E-state index contributed by atoms with van der Waals surface area (Å²) in [5.74, 6) is 0.256. The topological polar surface area (TPSA) is 53.5 Å². The summed E-state index contributed by atoms with van der Waals surface area (Å²) in [6.07, 6.45) is 1.32. The molecular weight excluding hydrogens is 322 g/mol. The Balaban J connectivity index is 2.96. The van der Waals surface area contributed by atoms with Crippen molar-refractivity contribution < 1.29 is 8.42 Å². The fraction of sp³-hybridized carbons (Fsp3) is 0.667. The lowest BCUT2D eigenvalue weighted by atomic mass is 10.2. The van der Waals surface area contributed by atoms with Gasteiger partial charge in [-0.15, -0.1) is 0 Å². The molecule has 0 bridgehead atoms. The van der Waals surface area contributed by atoms with Crippen LogP contribution < -0.4 is 0 Å². The zero-order chi connectivity index (χ0) is 16.8. The van der Waals surface area contributed by atoms with E-state index in [-0.39, 0.29) is 16.0 Å². The molecule has 0 fully saturated rings. The Kier molecular flexibility index (Phi) is 7.76. The molecule has 0 saturated carbocycles. The number of pyridine rings is 1. The van der Waals surface area contributed by atoms with E-state index in [1.807, 2.05) is 13.8 Å². The van der Waals surface area contributed by atoms with Gasteiger partial charge in [-0.25, -0.2) is 13.4 Å². The third-order valence-corrected chi connectivity index (χ3v) is 5.54. The standard InChI is InChI=1S/C15H26ClN3O2S/c1-5-18(6-2)9-10-19(12-13(3)4)22(20,21)14-7-8-15(16)17-11-14/h7-8,11,13H,5-6,9-10,12H2,1-4H3. The van der Waals surface area contributed by atoms with E-state index in [0.717, 1.165) is 19.6 Å². The number of hydrogen-bond donors (Lipinski definition) is 0. The molecule has 126 valence electrons. The van der Waals surface area contributed by atoms with E-state index in [1.54, 1.807) is 4.31 Å². The number of halogens is 1. The molecule has 1 aromatic heterocycles. The summed E-state index contributed by atoms with van der Waals surface area (Å²) in [5.41, 5.74) is 0. The second-order valence-corrected chi connectivity index (χ2v) is 7.93. The van der Waals surface area contributed by atoms with Crippen LogP contribution in [0.1, 0.15) is 27.7 Å². The Bertz CT molecular complexity index is 542. The molecule has 1 heterocycles. The summed E-state index contributed by atoms with van der Waals surface area (Å²) in [4.78, 5) is 6.29. The number of hydrogen-bond acceptors (Lipinski definition) is 4. The van der Waals surface area contributed by atoms with Gasteiger partial charge in [0.15, 0.2) is 0 Å². The molecule has 0 aliphatic carbocycles. The molecule has 0 unspecified atom stereocenters. The van der Waals surface area contributed by atoms with Crippen molar-refractivity contribution in [2.24, 2.45) is 5.92 Å². The molecule has 7 heteroatoms. The van der Waals surface area contributed by atoms with E-state index in [4.69, 9.17) is 11.6 Å². The lowest BCUT2D eigenvalue weighted by Crippen LogP contribution is -2.40. The maximum atomic E-state index is 12.8. The van der Waals surface area contributed by atoms with Crippen LogP contribution in [-0.2, 0) is 10.0 Å². The molecule has 0 atom stereocenters. The first-order valence-electron chi connectivity index (χ1n) is 7.65. The monoisotopic (exact) mass is 347 g/mol. The third-order valence-electron chi connectivity index (χ3n) is 3.47. The van der Waals surface area contributed by atoms with E-state index in [0.29, 0.717) is 13.1 Å². The number of rotatable bonds is 9. The summed E-state index contributed by atoms with van der Waals surface area (Å²) in [5, 5.41) is 0.289. The van der Waals surface area contributed by atoms with E-state index in [1.165, 1.54) is 18.3 Å². The van der Waals surface area contributed by atoms with Crippen LogP contribution in [0.2, 0.25) is 5.15 Å². The molecule has 0 aromatic carbocycles. The lowest BCUT2D eigenvalue weighted by Gasteiger charge is -2.27. The first kappa shape index (κ1) is 19.4. The normalized spacial score (nSPS) is 12.5. The molecule has 5 nitrogen and oxygen atoms in total. The van der Waals surface area contributed by atoms with Crippen molar-refractivity contribution in [1.82, 2.24) is 14.2 Å². The maximum absolute atomic E-state index is 12.8. The largest absolute Gasteiger partial charge is 0.303 e. The molecule has 22 heavy (non-hydrogen) atoms. The Morgan fingerprint density at radius 1 is 1.18 bits per heavy atom. The van der Waals surface area contributed by atoms with Crippen molar-refractivity contribution in [2.45, 2.75) is 32.6 Å². The maximum Gasteiger partial charge on any atom is 0.244 e. The van der Waals surface area contributed by atoms with Crippen molar-refractivity contribution in [1.29, 1.82) is 0 Å². The highest BCUT2D eigenvalue weighted by molar-refractivity contribution is 7.89. The van der Waals surface area contributed by atoms with Gasteiger partial charge in [0.1, 0.15) is 10.0 Å². The van der Waals surface area contributed by atoms with Gasteiger partial charge in [-0.1, -0.05) is 39.3 Å². The first-order chi connectivity index (χ1) is 10.3. The van der Waals surface area contributed by atoms with Crippen LogP contribution in [-0.4, -0.2) is 55.3 Å². The van der Waals surface area contributed by atoms with Crippen molar-refractivity contribution in [3.05, 3.63) is 23.5 Å². The Labute approximate surface area is 139 Å². The Morgan fingerprint density at radius 3 is 2.27 bits per heavy atom. The van der Waals surface area contributed by atoms with E-state index >= 15 is 0 Å². The molecular formula is C15H26ClN3O2S. The van der Waals surface area contributed by atoms with E-state index in [2.05, 4.69) is 23.7 Å². The number of likely N-dealkylation sites (N-methyl/N-ethyl adjacent to an activating group) is 1. The minimum atomic E-state index is -3.54. The summed E-state index contributed by atoms with van der Waals surface area (Å²) in [6, 6.07) is 3.02. The molecule has 0 saturated heterocycles.